The lowest BCUT2D eigenvalue weighted by atomic mass is 9.99. The predicted molar refractivity (Wildman–Crippen MR) is 53.6 cm³/mol. The third-order valence-electron chi connectivity index (χ3n) is 2.27. The van der Waals surface area contributed by atoms with E-state index in [-0.39, 0.29) is 0 Å². The van der Waals surface area contributed by atoms with Gasteiger partial charge in [0, 0.05) is 11.9 Å². The molecule has 0 saturated carbocycles. The molecule has 0 bridgehead atoms. The standard InChI is InChI=1S/C11H17N/c1-3-10(4-2)11-8-6-5-7-9-12-11/h5-10,12H,3-4H2,1-2H3. The van der Waals surface area contributed by atoms with Crippen molar-refractivity contribution >= 4 is 0 Å². The molecule has 0 saturated heterocycles. The normalized spacial score (nSPS) is 15.8. The molecule has 0 aromatic rings. The van der Waals surface area contributed by atoms with Crippen molar-refractivity contribution in [2.45, 2.75) is 26.7 Å². The van der Waals surface area contributed by atoms with Gasteiger partial charge in [-0.2, -0.15) is 0 Å². The van der Waals surface area contributed by atoms with Gasteiger partial charge in [-0.25, -0.2) is 0 Å². The van der Waals surface area contributed by atoms with Crippen LogP contribution in [0.2, 0.25) is 0 Å². The minimum atomic E-state index is 0.678. The van der Waals surface area contributed by atoms with Crippen LogP contribution in [0.25, 0.3) is 0 Å². The summed E-state index contributed by atoms with van der Waals surface area (Å²) in [6.07, 6.45) is 12.7. The molecule has 0 spiro atoms. The van der Waals surface area contributed by atoms with Crippen LogP contribution >= 0.6 is 0 Å². The lowest BCUT2D eigenvalue weighted by molar-refractivity contribution is 0.548. The molecule has 1 aliphatic rings. The van der Waals surface area contributed by atoms with Crippen molar-refractivity contribution in [2.24, 2.45) is 5.92 Å². The van der Waals surface area contributed by atoms with E-state index in [0.29, 0.717) is 5.92 Å². The summed E-state index contributed by atoms with van der Waals surface area (Å²) in [5.74, 6) is 0.678. The van der Waals surface area contributed by atoms with E-state index in [9.17, 15) is 0 Å². The Bertz CT molecular complexity index is 207. The molecule has 1 heterocycles. The number of rotatable bonds is 3. The van der Waals surface area contributed by atoms with Gasteiger partial charge in [0.05, 0.1) is 0 Å². The molecular formula is C11H17N. The van der Waals surface area contributed by atoms with Crippen molar-refractivity contribution in [2.75, 3.05) is 0 Å². The highest BCUT2D eigenvalue weighted by Crippen LogP contribution is 2.17. The summed E-state index contributed by atoms with van der Waals surface area (Å²) in [5, 5.41) is 3.30. The first kappa shape index (κ1) is 9.11. The second-order valence-electron chi connectivity index (χ2n) is 3.02. The van der Waals surface area contributed by atoms with E-state index in [0.717, 1.165) is 0 Å². The molecule has 66 valence electrons. The van der Waals surface area contributed by atoms with Gasteiger partial charge < -0.3 is 5.32 Å². The van der Waals surface area contributed by atoms with E-state index in [4.69, 9.17) is 0 Å². The first-order chi connectivity index (χ1) is 5.88. The van der Waals surface area contributed by atoms with Crippen LogP contribution in [0.1, 0.15) is 26.7 Å². The summed E-state index contributed by atoms with van der Waals surface area (Å²) in [6, 6.07) is 0. The van der Waals surface area contributed by atoms with Gasteiger partial charge >= 0.3 is 0 Å². The number of allylic oxidation sites excluding steroid dienone is 5. The summed E-state index contributed by atoms with van der Waals surface area (Å²) in [7, 11) is 0. The summed E-state index contributed by atoms with van der Waals surface area (Å²) in [4.78, 5) is 0. The van der Waals surface area contributed by atoms with E-state index in [2.05, 4.69) is 31.3 Å². The predicted octanol–water partition coefficient (Wildman–Crippen LogP) is 2.98. The SMILES string of the molecule is CCC(CC)C1=CC=CC=CN1. The van der Waals surface area contributed by atoms with Crippen molar-refractivity contribution in [1.29, 1.82) is 0 Å². The monoisotopic (exact) mass is 163 g/mol. The largest absolute Gasteiger partial charge is 0.365 e. The van der Waals surface area contributed by atoms with Gasteiger partial charge in [0.15, 0.2) is 0 Å². The molecule has 0 amide bonds. The van der Waals surface area contributed by atoms with Gasteiger partial charge in [0.2, 0.25) is 0 Å². The van der Waals surface area contributed by atoms with Crippen LogP contribution in [0, 0.1) is 5.92 Å². The molecule has 0 unspecified atom stereocenters. The van der Waals surface area contributed by atoms with Gasteiger partial charge in [0.1, 0.15) is 0 Å². The van der Waals surface area contributed by atoms with Gasteiger partial charge in [-0.1, -0.05) is 26.0 Å². The van der Waals surface area contributed by atoms with Crippen molar-refractivity contribution in [1.82, 2.24) is 5.32 Å². The Morgan fingerprint density at radius 3 is 2.58 bits per heavy atom. The smallest absolute Gasteiger partial charge is 0.0177 e. The zero-order chi connectivity index (χ0) is 8.81. The number of nitrogens with one attached hydrogen (secondary N) is 1. The van der Waals surface area contributed by atoms with Gasteiger partial charge in [-0.15, -0.1) is 0 Å². The highest BCUT2D eigenvalue weighted by atomic mass is 14.9. The molecule has 0 aliphatic carbocycles. The Kier molecular flexibility index (Phi) is 3.65. The van der Waals surface area contributed by atoms with E-state index >= 15 is 0 Å². The average Bonchev–Trinajstić information content (AvgIpc) is 2.35. The quantitative estimate of drug-likeness (QED) is 0.674. The van der Waals surface area contributed by atoms with Gasteiger partial charge in [-0.05, 0) is 30.9 Å². The Hall–Kier alpha value is -0.980. The van der Waals surface area contributed by atoms with Crippen LogP contribution in [0.4, 0.5) is 0 Å². The summed E-state index contributed by atoms with van der Waals surface area (Å²) in [6.45, 7) is 4.46. The maximum atomic E-state index is 3.30. The minimum absolute atomic E-state index is 0.678. The Morgan fingerprint density at radius 1 is 1.17 bits per heavy atom. The Balaban J connectivity index is 2.66. The van der Waals surface area contributed by atoms with Gasteiger partial charge in [0.25, 0.3) is 0 Å². The molecule has 0 fully saturated rings. The average molecular weight is 163 g/mol. The van der Waals surface area contributed by atoms with Crippen molar-refractivity contribution in [3.63, 3.8) is 0 Å². The lowest BCUT2D eigenvalue weighted by Crippen LogP contribution is -2.13. The van der Waals surface area contributed by atoms with Crippen molar-refractivity contribution in [3.05, 3.63) is 36.2 Å². The van der Waals surface area contributed by atoms with E-state index in [1.165, 1.54) is 18.5 Å². The van der Waals surface area contributed by atoms with Crippen LogP contribution in [0.3, 0.4) is 0 Å². The first-order valence-corrected chi connectivity index (χ1v) is 4.68. The molecule has 12 heavy (non-hydrogen) atoms. The van der Waals surface area contributed by atoms with Crippen LogP contribution in [-0.2, 0) is 0 Å². The number of hydrogen-bond donors (Lipinski definition) is 1. The fraction of sp³-hybridized carbons (Fsp3) is 0.455. The number of hydrogen-bond acceptors (Lipinski definition) is 1. The summed E-state index contributed by atoms with van der Waals surface area (Å²) >= 11 is 0. The molecule has 0 atom stereocenters. The maximum absolute atomic E-state index is 3.30. The summed E-state index contributed by atoms with van der Waals surface area (Å²) in [5.41, 5.74) is 1.34. The van der Waals surface area contributed by atoms with Crippen LogP contribution < -0.4 is 5.32 Å². The molecular weight excluding hydrogens is 146 g/mol. The molecule has 1 rings (SSSR count). The third kappa shape index (κ3) is 2.26. The fourth-order valence-corrected chi connectivity index (χ4v) is 1.45. The highest BCUT2D eigenvalue weighted by molar-refractivity contribution is 5.22. The first-order valence-electron chi connectivity index (χ1n) is 4.68. The minimum Gasteiger partial charge on any atom is -0.365 e. The van der Waals surface area contributed by atoms with Gasteiger partial charge in [-0.3, -0.25) is 0 Å². The Morgan fingerprint density at radius 2 is 1.92 bits per heavy atom. The molecule has 0 radical (unpaired) electrons. The van der Waals surface area contributed by atoms with Crippen molar-refractivity contribution in [3.8, 4) is 0 Å². The fourth-order valence-electron chi connectivity index (χ4n) is 1.45. The lowest BCUT2D eigenvalue weighted by Gasteiger charge is -2.15. The van der Waals surface area contributed by atoms with Crippen LogP contribution in [0.15, 0.2) is 36.2 Å². The molecule has 0 aromatic heterocycles. The molecule has 1 nitrogen and oxygen atoms in total. The third-order valence-corrected chi connectivity index (χ3v) is 2.27. The van der Waals surface area contributed by atoms with Crippen LogP contribution in [-0.4, -0.2) is 0 Å². The molecule has 1 heteroatoms. The molecule has 1 aliphatic heterocycles. The topological polar surface area (TPSA) is 12.0 Å². The van der Waals surface area contributed by atoms with E-state index in [1.807, 2.05) is 18.4 Å². The van der Waals surface area contributed by atoms with E-state index < -0.39 is 0 Å². The molecule has 1 N–H and O–H groups in total. The van der Waals surface area contributed by atoms with Crippen LogP contribution in [0.5, 0.6) is 0 Å². The maximum Gasteiger partial charge on any atom is 0.0177 e. The second-order valence-corrected chi connectivity index (χ2v) is 3.02. The Labute approximate surface area is 74.9 Å². The zero-order valence-corrected chi connectivity index (χ0v) is 7.88. The second kappa shape index (κ2) is 4.81. The van der Waals surface area contributed by atoms with Crippen molar-refractivity contribution < 1.29 is 0 Å². The molecule has 0 aromatic carbocycles. The summed E-state index contributed by atoms with van der Waals surface area (Å²) < 4.78 is 0. The highest BCUT2D eigenvalue weighted by Gasteiger charge is 2.07. The van der Waals surface area contributed by atoms with E-state index in [1.54, 1.807) is 0 Å². The zero-order valence-electron chi connectivity index (χ0n) is 7.88.